The molecule has 1 fully saturated rings. The summed E-state index contributed by atoms with van der Waals surface area (Å²) < 4.78 is 9.14. The average molecular weight is 194 g/mol. The van der Waals surface area contributed by atoms with Gasteiger partial charge in [0.2, 0.25) is 0 Å². The Labute approximate surface area is 82.1 Å². The monoisotopic (exact) mass is 194 g/mol. The molecular formula is C10H14N2O2. The lowest BCUT2D eigenvalue weighted by molar-refractivity contribution is 0.103. The van der Waals surface area contributed by atoms with Crippen molar-refractivity contribution in [2.24, 2.45) is 7.05 Å². The minimum atomic E-state index is 0.142. The van der Waals surface area contributed by atoms with E-state index in [1.165, 1.54) is 5.69 Å². The second-order valence-electron chi connectivity index (χ2n) is 4.14. The second kappa shape index (κ2) is 2.73. The lowest BCUT2D eigenvalue weighted by Gasteiger charge is -2.14. The summed E-state index contributed by atoms with van der Waals surface area (Å²) >= 11 is 0. The predicted octanol–water partition coefficient (Wildman–Crippen LogP) is 0.594. The molecule has 0 spiro atoms. The van der Waals surface area contributed by atoms with Crippen molar-refractivity contribution in [1.82, 2.24) is 9.13 Å². The topological polar surface area (TPSA) is 36.2 Å². The third-order valence-electron chi connectivity index (χ3n) is 3.16. The van der Waals surface area contributed by atoms with Crippen molar-refractivity contribution >= 4 is 0 Å². The van der Waals surface area contributed by atoms with E-state index in [0.717, 1.165) is 31.6 Å². The van der Waals surface area contributed by atoms with Gasteiger partial charge in [0, 0.05) is 25.2 Å². The largest absolute Gasteiger partial charge is 0.375 e. The molecule has 0 unspecified atom stereocenters. The Kier molecular flexibility index (Phi) is 1.62. The molecule has 0 amide bonds. The summed E-state index contributed by atoms with van der Waals surface area (Å²) in [6, 6.07) is 0.458. The van der Waals surface area contributed by atoms with Crippen LogP contribution in [0.3, 0.4) is 0 Å². The van der Waals surface area contributed by atoms with Crippen molar-refractivity contribution in [3.8, 4) is 0 Å². The van der Waals surface area contributed by atoms with E-state index >= 15 is 0 Å². The zero-order valence-electron chi connectivity index (χ0n) is 8.32. The van der Waals surface area contributed by atoms with E-state index in [2.05, 4.69) is 0 Å². The van der Waals surface area contributed by atoms with Crippen LogP contribution in [0.4, 0.5) is 0 Å². The highest BCUT2D eigenvalue weighted by Gasteiger charge is 2.31. The first-order chi connectivity index (χ1) is 6.79. The van der Waals surface area contributed by atoms with Gasteiger partial charge in [0.05, 0.1) is 18.9 Å². The Hall–Kier alpha value is -1.03. The first-order valence-electron chi connectivity index (χ1n) is 5.15. The number of fused-ring (bicyclic) bond motifs is 1. The molecule has 1 saturated carbocycles. The van der Waals surface area contributed by atoms with Crippen LogP contribution in [-0.2, 0) is 24.8 Å². The van der Waals surface area contributed by atoms with Crippen molar-refractivity contribution < 1.29 is 4.74 Å². The Morgan fingerprint density at radius 3 is 2.86 bits per heavy atom. The molecule has 0 bridgehead atoms. The van der Waals surface area contributed by atoms with Gasteiger partial charge in [-0.1, -0.05) is 0 Å². The minimum Gasteiger partial charge on any atom is -0.375 e. The fourth-order valence-corrected chi connectivity index (χ4v) is 2.24. The Morgan fingerprint density at radius 2 is 2.14 bits per heavy atom. The Bertz CT molecular complexity index is 426. The lowest BCUT2D eigenvalue weighted by atomic mass is 10.2. The molecular weight excluding hydrogens is 180 g/mol. The molecule has 1 aromatic heterocycles. The first kappa shape index (κ1) is 8.29. The summed E-state index contributed by atoms with van der Waals surface area (Å²) in [5.74, 6) is 0. The third-order valence-corrected chi connectivity index (χ3v) is 3.16. The fourth-order valence-electron chi connectivity index (χ4n) is 2.24. The lowest BCUT2D eigenvalue weighted by Crippen LogP contribution is -2.22. The normalized spacial score (nSPS) is 20.9. The van der Waals surface area contributed by atoms with Crippen molar-refractivity contribution in [3.63, 3.8) is 0 Å². The summed E-state index contributed by atoms with van der Waals surface area (Å²) in [4.78, 5) is 11.9. The molecule has 2 aliphatic rings. The van der Waals surface area contributed by atoms with Crippen LogP contribution in [-0.4, -0.2) is 15.7 Å². The van der Waals surface area contributed by atoms with Gasteiger partial charge in [0.1, 0.15) is 0 Å². The van der Waals surface area contributed by atoms with Gasteiger partial charge in [-0.25, -0.2) is 4.79 Å². The van der Waals surface area contributed by atoms with E-state index in [4.69, 9.17) is 4.74 Å². The predicted molar refractivity (Wildman–Crippen MR) is 51.3 cm³/mol. The van der Waals surface area contributed by atoms with Crippen LogP contribution >= 0.6 is 0 Å². The second-order valence-corrected chi connectivity index (χ2v) is 4.14. The van der Waals surface area contributed by atoms with Gasteiger partial charge in [0.15, 0.2) is 0 Å². The molecule has 0 saturated heterocycles. The van der Waals surface area contributed by atoms with Gasteiger partial charge in [-0.15, -0.1) is 0 Å². The van der Waals surface area contributed by atoms with Crippen molar-refractivity contribution in [3.05, 3.63) is 21.9 Å². The van der Waals surface area contributed by atoms with Gasteiger partial charge in [-0.2, -0.15) is 0 Å². The highest BCUT2D eigenvalue weighted by molar-refractivity contribution is 5.18. The van der Waals surface area contributed by atoms with E-state index in [0.29, 0.717) is 12.6 Å². The number of rotatable bonds is 1. The summed E-state index contributed by atoms with van der Waals surface area (Å²) in [5.41, 5.74) is 2.43. The van der Waals surface area contributed by atoms with Crippen LogP contribution in [0, 0.1) is 0 Å². The molecule has 4 heteroatoms. The first-order valence-corrected chi connectivity index (χ1v) is 5.15. The van der Waals surface area contributed by atoms with Gasteiger partial charge >= 0.3 is 5.69 Å². The van der Waals surface area contributed by atoms with E-state index in [9.17, 15) is 4.79 Å². The molecule has 2 heterocycles. The van der Waals surface area contributed by atoms with Gasteiger partial charge in [0.25, 0.3) is 0 Å². The molecule has 4 nitrogen and oxygen atoms in total. The summed E-state index contributed by atoms with van der Waals surface area (Å²) in [5, 5.41) is 0. The quantitative estimate of drug-likeness (QED) is 0.656. The molecule has 76 valence electrons. The van der Waals surface area contributed by atoms with Crippen LogP contribution in [0.15, 0.2) is 4.79 Å². The van der Waals surface area contributed by atoms with Crippen LogP contribution in [0.1, 0.15) is 30.3 Å². The number of nitrogens with zero attached hydrogens (tertiary/aromatic N) is 2. The van der Waals surface area contributed by atoms with Crippen LogP contribution in [0.2, 0.25) is 0 Å². The van der Waals surface area contributed by atoms with E-state index < -0.39 is 0 Å². The summed E-state index contributed by atoms with van der Waals surface area (Å²) in [6.45, 7) is 1.36. The average Bonchev–Trinajstić information content (AvgIpc) is 2.99. The van der Waals surface area contributed by atoms with Crippen molar-refractivity contribution in [1.29, 1.82) is 0 Å². The Morgan fingerprint density at radius 1 is 1.36 bits per heavy atom. The SMILES string of the molecule is Cn1c2c(n(C3CC3)c1=O)COCC2. The molecule has 0 aromatic carbocycles. The number of aromatic nitrogens is 2. The van der Waals surface area contributed by atoms with Crippen molar-refractivity contribution in [2.75, 3.05) is 6.61 Å². The van der Waals surface area contributed by atoms with Crippen LogP contribution in [0.25, 0.3) is 0 Å². The maximum Gasteiger partial charge on any atom is 0.328 e. The standard InChI is InChI=1S/C10H14N2O2/c1-11-8-4-5-14-6-9(8)12(10(11)13)7-2-3-7/h7H,2-6H2,1H3. The molecule has 1 aromatic rings. The van der Waals surface area contributed by atoms with E-state index in [1.807, 2.05) is 11.6 Å². The minimum absolute atomic E-state index is 0.142. The van der Waals surface area contributed by atoms with E-state index in [-0.39, 0.29) is 5.69 Å². The van der Waals surface area contributed by atoms with Gasteiger partial charge in [-0.3, -0.25) is 9.13 Å². The Balaban J connectivity index is 2.22. The van der Waals surface area contributed by atoms with Gasteiger partial charge < -0.3 is 4.74 Å². The smallest absolute Gasteiger partial charge is 0.328 e. The highest BCUT2D eigenvalue weighted by Crippen LogP contribution is 2.36. The zero-order chi connectivity index (χ0) is 9.71. The molecule has 0 N–H and O–H groups in total. The number of ether oxygens (including phenoxy) is 1. The highest BCUT2D eigenvalue weighted by atomic mass is 16.5. The molecule has 0 radical (unpaired) electrons. The van der Waals surface area contributed by atoms with Gasteiger partial charge in [-0.05, 0) is 12.8 Å². The molecule has 0 atom stereocenters. The maximum atomic E-state index is 11.9. The summed E-state index contributed by atoms with van der Waals surface area (Å²) in [7, 11) is 1.87. The van der Waals surface area contributed by atoms with Crippen LogP contribution < -0.4 is 5.69 Å². The molecule has 1 aliphatic heterocycles. The maximum absolute atomic E-state index is 11.9. The zero-order valence-corrected chi connectivity index (χ0v) is 8.32. The molecule has 3 rings (SSSR count). The number of hydrogen-bond acceptors (Lipinski definition) is 2. The third kappa shape index (κ3) is 1.00. The van der Waals surface area contributed by atoms with E-state index in [1.54, 1.807) is 4.57 Å². The molecule has 1 aliphatic carbocycles. The summed E-state index contributed by atoms with van der Waals surface area (Å²) in [6.07, 6.45) is 3.17. The molecule has 14 heavy (non-hydrogen) atoms. The number of imidazole rings is 1. The number of hydrogen-bond donors (Lipinski definition) is 0. The van der Waals surface area contributed by atoms with Crippen LogP contribution in [0.5, 0.6) is 0 Å². The fraction of sp³-hybridized carbons (Fsp3) is 0.700. The van der Waals surface area contributed by atoms with Crippen molar-refractivity contribution in [2.45, 2.75) is 31.9 Å².